The summed E-state index contributed by atoms with van der Waals surface area (Å²) in [4.78, 5) is 0. The fourth-order valence-electron chi connectivity index (χ4n) is 1.71. The second-order valence-electron chi connectivity index (χ2n) is 4.12. The lowest BCUT2D eigenvalue weighted by Gasteiger charge is -2.10. The van der Waals surface area contributed by atoms with Crippen LogP contribution in [0.15, 0.2) is 48.8 Å². The summed E-state index contributed by atoms with van der Waals surface area (Å²) in [5.74, 6) is 0.756. The Morgan fingerprint density at radius 1 is 1.28 bits per heavy atom. The lowest BCUT2D eigenvalue weighted by atomic mass is 10.2. The summed E-state index contributed by atoms with van der Waals surface area (Å²) in [6.07, 6.45) is 2.81. The maximum absolute atomic E-state index is 11.9. The van der Waals surface area contributed by atoms with Crippen molar-refractivity contribution in [3.8, 4) is 0 Å². The number of aromatic nitrogens is 2. The minimum absolute atomic E-state index is 0.273. The van der Waals surface area contributed by atoms with Crippen LogP contribution in [0, 0.1) is 0 Å². The molecule has 1 aromatic carbocycles. The zero-order valence-electron chi connectivity index (χ0n) is 9.98. The predicted molar refractivity (Wildman–Crippen MR) is 71.4 cm³/mol. The largest absolute Gasteiger partial charge is 0.390 e. The van der Waals surface area contributed by atoms with Gasteiger partial charge in [-0.15, -0.1) is 0 Å². The van der Waals surface area contributed by atoms with E-state index in [0.717, 1.165) is 5.56 Å². The number of hydrogen-bond acceptors (Lipinski definition) is 3. The van der Waals surface area contributed by atoms with Gasteiger partial charge < -0.3 is 5.11 Å². The summed E-state index contributed by atoms with van der Waals surface area (Å²) in [5.41, 5.74) is 1.03. The topological polar surface area (TPSA) is 55.1 Å². The van der Waals surface area contributed by atoms with Crippen molar-refractivity contribution in [1.82, 2.24) is 9.78 Å². The third-order valence-electron chi connectivity index (χ3n) is 2.51. The SMILES string of the molecule is O=S(Cc1ccccc1)CC(O)Cn1cccn1. The van der Waals surface area contributed by atoms with E-state index in [4.69, 9.17) is 0 Å². The minimum atomic E-state index is -1.05. The molecule has 1 N–H and O–H groups in total. The molecule has 2 aromatic rings. The Balaban J connectivity index is 1.80. The highest BCUT2D eigenvalue weighted by Gasteiger charge is 2.10. The molecule has 0 fully saturated rings. The van der Waals surface area contributed by atoms with Gasteiger partial charge in [0.2, 0.25) is 0 Å². The molecule has 2 rings (SSSR count). The van der Waals surface area contributed by atoms with Crippen LogP contribution in [0.5, 0.6) is 0 Å². The van der Waals surface area contributed by atoms with Crippen LogP contribution in [0.25, 0.3) is 0 Å². The molecule has 1 heterocycles. The molecule has 18 heavy (non-hydrogen) atoms. The van der Waals surface area contributed by atoms with E-state index in [9.17, 15) is 9.32 Å². The minimum Gasteiger partial charge on any atom is -0.390 e. The summed E-state index contributed by atoms with van der Waals surface area (Å²) >= 11 is 0. The van der Waals surface area contributed by atoms with Gasteiger partial charge in [-0.05, 0) is 11.6 Å². The first-order chi connectivity index (χ1) is 8.74. The molecule has 0 aliphatic heterocycles. The zero-order valence-corrected chi connectivity index (χ0v) is 10.8. The van der Waals surface area contributed by atoms with Crippen molar-refractivity contribution < 1.29 is 9.32 Å². The maximum atomic E-state index is 11.9. The Morgan fingerprint density at radius 3 is 2.72 bits per heavy atom. The van der Waals surface area contributed by atoms with Crippen molar-refractivity contribution in [3.63, 3.8) is 0 Å². The highest BCUT2D eigenvalue weighted by molar-refractivity contribution is 7.84. The molecule has 0 amide bonds. The van der Waals surface area contributed by atoms with Gasteiger partial charge >= 0.3 is 0 Å². The Hall–Kier alpha value is -1.46. The van der Waals surface area contributed by atoms with Crippen molar-refractivity contribution in [3.05, 3.63) is 54.4 Å². The monoisotopic (exact) mass is 264 g/mol. The second-order valence-corrected chi connectivity index (χ2v) is 5.62. The van der Waals surface area contributed by atoms with E-state index in [2.05, 4.69) is 5.10 Å². The molecule has 96 valence electrons. The van der Waals surface area contributed by atoms with E-state index in [1.165, 1.54) is 0 Å². The molecule has 2 atom stereocenters. The number of aliphatic hydroxyl groups excluding tert-OH is 1. The fourth-order valence-corrected chi connectivity index (χ4v) is 2.93. The first-order valence-corrected chi connectivity index (χ1v) is 7.27. The molecule has 5 heteroatoms. The molecular formula is C13H16N2O2S. The van der Waals surface area contributed by atoms with Crippen LogP contribution in [0.4, 0.5) is 0 Å². The highest BCUT2D eigenvalue weighted by Crippen LogP contribution is 2.04. The van der Waals surface area contributed by atoms with Gasteiger partial charge in [0.25, 0.3) is 0 Å². The van der Waals surface area contributed by atoms with Gasteiger partial charge in [0.05, 0.1) is 18.4 Å². The molecule has 0 aliphatic rings. The van der Waals surface area contributed by atoms with Gasteiger partial charge in [0, 0.05) is 28.9 Å². The standard InChI is InChI=1S/C13H16N2O2S/c16-13(9-15-8-4-7-14-15)11-18(17)10-12-5-2-1-3-6-12/h1-8,13,16H,9-11H2. The molecule has 0 spiro atoms. The average molecular weight is 264 g/mol. The van der Waals surface area contributed by atoms with Gasteiger partial charge in [-0.2, -0.15) is 5.10 Å². The van der Waals surface area contributed by atoms with Crippen molar-refractivity contribution >= 4 is 10.8 Å². The molecule has 0 saturated heterocycles. The Morgan fingerprint density at radius 2 is 2.06 bits per heavy atom. The number of nitrogens with zero attached hydrogens (tertiary/aromatic N) is 2. The van der Waals surface area contributed by atoms with E-state index < -0.39 is 16.9 Å². The lowest BCUT2D eigenvalue weighted by Crippen LogP contribution is -2.23. The molecule has 0 radical (unpaired) electrons. The molecule has 2 unspecified atom stereocenters. The van der Waals surface area contributed by atoms with Crippen LogP contribution in [-0.4, -0.2) is 31.0 Å². The van der Waals surface area contributed by atoms with Crippen molar-refractivity contribution in [2.75, 3.05) is 5.75 Å². The average Bonchev–Trinajstić information content (AvgIpc) is 2.82. The van der Waals surface area contributed by atoms with Gasteiger partial charge in [-0.1, -0.05) is 30.3 Å². The van der Waals surface area contributed by atoms with Crippen LogP contribution in [-0.2, 0) is 23.1 Å². The number of rotatable bonds is 6. The third-order valence-corrected chi connectivity index (χ3v) is 3.92. The van der Waals surface area contributed by atoms with Gasteiger partial charge in [0.1, 0.15) is 0 Å². The highest BCUT2D eigenvalue weighted by atomic mass is 32.2. The summed E-state index contributed by atoms with van der Waals surface area (Å²) in [6.45, 7) is 0.382. The van der Waals surface area contributed by atoms with E-state index in [-0.39, 0.29) is 5.75 Å². The van der Waals surface area contributed by atoms with Crippen LogP contribution in [0.3, 0.4) is 0 Å². The molecule has 4 nitrogen and oxygen atoms in total. The molecule has 0 aliphatic carbocycles. The molecule has 0 bridgehead atoms. The van der Waals surface area contributed by atoms with E-state index in [1.807, 2.05) is 30.3 Å². The van der Waals surface area contributed by atoms with Crippen molar-refractivity contribution in [2.24, 2.45) is 0 Å². The van der Waals surface area contributed by atoms with E-state index >= 15 is 0 Å². The zero-order chi connectivity index (χ0) is 12.8. The molecule has 0 saturated carbocycles. The summed E-state index contributed by atoms with van der Waals surface area (Å²) in [5, 5.41) is 13.8. The number of hydrogen-bond donors (Lipinski definition) is 1. The Kier molecular flexibility index (Phi) is 4.66. The normalized spacial score (nSPS) is 14.3. The second kappa shape index (κ2) is 6.47. The van der Waals surface area contributed by atoms with E-state index in [1.54, 1.807) is 23.1 Å². The number of benzene rings is 1. The first-order valence-electron chi connectivity index (χ1n) is 5.78. The van der Waals surface area contributed by atoms with Crippen molar-refractivity contribution in [1.29, 1.82) is 0 Å². The number of aliphatic hydroxyl groups is 1. The van der Waals surface area contributed by atoms with Crippen LogP contribution >= 0.6 is 0 Å². The van der Waals surface area contributed by atoms with Crippen LogP contribution < -0.4 is 0 Å². The summed E-state index contributed by atoms with van der Waals surface area (Å²) in [7, 11) is -1.05. The Labute approximate surface area is 109 Å². The fraction of sp³-hybridized carbons (Fsp3) is 0.308. The smallest absolute Gasteiger partial charge is 0.0851 e. The third kappa shape index (κ3) is 4.09. The lowest BCUT2D eigenvalue weighted by molar-refractivity contribution is 0.172. The molecule has 1 aromatic heterocycles. The summed E-state index contributed by atoms with van der Waals surface area (Å²) in [6, 6.07) is 11.5. The molecular weight excluding hydrogens is 248 g/mol. The van der Waals surface area contributed by atoms with Gasteiger partial charge in [-0.25, -0.2) is 0 Å². The van der Waals surface area contributed by atoms with Gasteiger partial charge in [-0.3, -0.25) is 8.89 Å². The summed E-state index contributed by atoms with van der Waals surface area (Å²) < 4.78 is 13.5. The van der Waals surface area contributed by atoms with Crippen LogP contribution in [0.1, 0.15) is 5.56 Å². The predicted octanol–water partition coefficient (Wildman–Crippen LogP) is 1.19. The first kappa shape index (κ1) is 13.0. The quantitative estimate of drug-likeness (QED) is 0.852. The van der Waals surface area contributed by atoms with Gasteiger partial charge in [0.15, 0.2) is 0 Å². The maximum Gasteiger partial charge on any atom is 0.0851 e. The van der Waals surface area contributed by atoms with Crippen molar-refractivity contribution in [2.45, 2.75) is 18.4 Å². The van der Waals surface area contributed by atoms with E-state index in [0.29, 0.717) is 12.3 Å². The van der Waals surface area contributed by atoms with Crippen LogP contribution in [0.2, 0.25) is 0 Å². The Bertz CT molecular complexity index is 485.